The minimum atomic E-state index is -0.363. The fraction of sp³-hybridized carbons (Fsp3) is 0.500. The van der Waals surface area contributed by atoms with Gasteiger partial charge in [-0.05, 0) is 41.9 Å². The molecular formula is C12H16BrFN2O. The Hall–Kier alpha value is -0.810. The maximum absolute atomic E-state index is 13.2. The normalized spacial score (nSPS) is 18.3. The predicted molar refractivity (Wildman–Crippen MR) is 69.7 cm³/mol. The van der Waals surface area contributed by atoms with Crippen LogP contribution in [0.5, 0.6) is 5.75 Å². The van der Waals surface area contributed by atoms with Crippen molar-refractivity contribution in [1.29, 1.82) is 0 Å². The van der Waals surface area contributed by atoms with Gasteiger partial charge >= 0.3 is 0 Å². The van der Waals surface area contributed by atoms with Gasteiger partial charge in [-0.3, -0.25) is 0 Å². The van der Waals surface area contributed by atoms with Gasteiger partial charge in [-0.15, -0.1) is 0 Å². The van der Waals surface area contributed by atoms with E-state index in [1.165, 1.54) is 6.07 Å². The molecule has 2 rings (SSSR count). The molecule has 0 aromatic heterocycles. The molecule has 3 nitrogen and oxygen atoms in total. The van der Waals surface area contributed by atoms with Crippen LogP contribution >= 0.6 is 15.9 Å². The third-order valence-corrected chi connectivity index (χ3v) is 3.62. The summed E-state index contributed by atoms with van der Waals surface area (Å²) in [6.07, 6.45) is 2.13. The molecule has 0 aliphatic carbocycles. The van der Waals surface area contributed by atoms with Gasteiger partial charge in [0.25, 0.3) is 0 Å². The van der Waals surface area contributed by atoms with E-state index in [2.05, 4.69) is 27.9 Å². The lowest BCUT2D eigenvalue weighted by Gasteiger charge is -2.29. The molecule has 0 unspecified atom stereocenters. The number of halogens is 2. The Morgan fingerprint density at radius 2 is 2.06 bits per heavy atom. The average Bonchev–Trinajstić information content (AvgIpc) is 2.29. The summed E-state index contributed by atoms with van der Waals surface area (Å²) in [7, 11) is 2.10. The fourth-order valence-electron chi connectivity index (χ4n) is 1.93. The highest BCUT2D eigenvalue weighted by atomic mass is 79.9. The van der Waals surface area contributed by atoms with Crippen LogP contribution in [0.15, 0.2) is 16.6 Å². The summed E-state index contributed by atoms with van der Waals surface area (Å²) in [6, 6.07) is 2.89. The lowest BCUT2D eigenvalue weighted by molar-refractivity contribution is 0.115. The second-order valence-electron chi connectivity index (χ2n) is 4.42. The quantitative estimate of drug-likeness (QED) is 0.854. The highest BCUT2D eigenvalue weighted by molar-refractivity contribution is 9.10. The molecule has 0 bridgehead atoms. The summed E-state index contributed by atoms with van der Waals surface area (Å²) in [5.74, 6) is 0.200. The highest BCUT2D eigenvalue weighted by Gasteiger charge is 2.19. The molecule has 1 aromatic rings. The second-order valence-corrected chi connectivity index (χ2v) is 5.28. The zero-order valence-electron chi connectivity index (χ0n) is 9.75. The van der Waals surface area contributed by atoms with E-state index in [4.69, 9.17) is 10.5 Å². The Bertz CT molecular complexity index is 406. The molecule has 1 saturated heterocycles. The average molecular weight is 303 g/mol. The molecule has 94 valence electrons. The van der Waals surface area contributed by atoms with Crippen LogP contribution in [0.25, 0.3) is 0 Å². The summed E-state index contributed by atoms with van der Waals surface area (Å²) in [4.78, 5) is 2.27. The van der Waals surface area contributed by atoms with Crippen molar-refractivity contribution in [3.8, 4) is 5.75 Å². The standard InChI is InChI=1S/C12H16BrFN2O/c1-16-4-2-8(3-5-16)17-12-6-9(13)10(14)7-11(12)15/h6-8H,2-5,15H2,1H3. The lowest BCUT2D eigenvalue weighted by Crippen LogP contribution is -2.35. The Morgan fingerprint density at radius 1 is 1.41 bits per heavy atom. The first-order valence-corrected chi connectivity index (χ1v) is 6.45. The zero-order chi connectivity index (χ0) is 12.4. The zero-order valence-corrected chi connectivity index (χ0v) is 11.3. The number of rotatable bonds is 2. The number of anilines is 1. The van der Waals surface area contributed by atoms with Crippen LogP contribution in [0.3, 0.4) is 0 Å². The van der Waals surface area contributed by atoms with Gasteiger partial charge in [0, 0.05) is 19.2 Å². The topological polar surface area (TPSA) is 38.5 Å². The number of likely N-dealkylation sites (tertiary alicyclic amines) is 1. The largest absolute Gasteiger partial charge is 0.488 e. The number of ether oxygens (including phenoxy) is 1. The first-order valence-electron chi connectivity index (χ1n) is 5.66. The van der Waals surface area contributed by atoms with Crippen molar-refractivity contribution in [2.24, 2.45) is 0 Å². The third-order valence-electron chi connectivity index (χ3n) is 3.01. The van der Waals surface area contributed by atoms with E-state index in [1.807, 2.05) is 0 Å². The van der Waals surface area contributed by atoms with Crippen LogP contribution in [0.4, 0.5) is 10.1 Å². The van der Waals surface area contributed by atoms with Crippen LogP contribution < -0.4 is 10.5 Å². The minimum Gasteiger partial charge on any atom is -0.488 e. The monoisotopic (exact) mass is 302 g/mol. The maximum atomic E-state index is 13.2. The van der Waals surface area contributed by atoms with Gasteiger partial charge in [0.05, 0.1) is 10.2 Å². The fourth-order valence-corrected chi connectivity index (χ4v) is 2.25. The number of nitrogen functional groups attached to an aromatic ring is 1. The highest BCUT2D eigenvalue weighted by Crippen LogP contribution is 2.30. The van der Waals surface area contributed by atoms with Crippen LogP contribution in [-0.4, -0.2) is 31.1 Å². The Kier molecular flexibility index (Phi) is 3.89. The van der Waals surface area contributed by atoms with Crippen molar-refractivity contribution in [2.45, 2.75) is 18.9 Å². The summed E-state index contributed by atoms with van der Waals surface area (Å²) in [6.45, 7) is 2.04. The smallest absolute Gasteiger partial charge is 0.143 e. The van der Waals surface area contributed by atoms with Gasteiger partial charge in [0.1, 0.15) is 17.7 Å². The molecule has 5 heteroatoms. The Labute approximate surface area is 109 Å². The summed E-state index contributed by atoms with van der Waals surface area (Å²) in [5, 5.41) is 0. The molecule has 0 saturated carbocycles. The molecule has 0 atom stereocenters. The van der Waals surface area contributed by atoms with E-state index in [1.54, 1.807) is 6.07 Å². The number of hydrogen-bond donors (Lipinski definition) is 1. The van der Waals surface area contributed by atoms with Crippen LogP contribution in [0, 0.1) is 5.82 Å². The molecule has 1 aliphatic heterocycles. The predicted octanol–water partition coefficient (Wildman–Crippen LogP) is 2.64. The van der Waals surface area contributed by atoms with E-state index in [0.29, 0.717) is 15.9 Å². The van der Waals surface area contributed by atoms with Gasteiger partial charge in [-0.2, -0.15) is 0 Å². The molecule has 1 heterocycles. The molecule has 0 spiro atoms. The van der Waals surface area contributed by atoms with Crippen molar-refractivity contribution in [1.82, 2.24) is 4.90 Å². The summed E-state index contributed by atoms with van der Waals surface area (Å²) in [5.41, 5.74) is 6.09. The SMILES string of the molecule is CN1CCC(Oc2cc(Br)c(F)cc2N)CC1. The third kappa shape index (κ3) is 3.10. The second kappa shape index (κ2) is 5.23. The number of nitrogens with zero attached hydrogens (tertiary/aromatic N) is 1. The number of benzene rings is 1. The van der Waals surface area contributed by atoms with Crippen molar-refractivity contribution in [3.63, 3.8) is 0 Å². The first-order chi connectivity index (χ1) is 8.06. The van der Waals surface area contributed by atoms with E-state index in [0.717, 1.165) is 25.9 Å². The molecular weight excluding hydrogens is 287 g/mol. The van der Waals surface area contributed by atoms with Gasteiger partial charge in [-0.25, -0.2) is 4.39 Å². The molecule has 1 aromatic carbocycles. The van der Waals surface area contributed by atoms with Crippen LogP contribution in [0.2, 0.25) is 0 Å². The molecule has 1 fully saturated rings. The lowest BCUT2D eigenvalue weighted by atomic mass is 10.1. The first kappa shape index (κ1) is 12.6. The van der Waals surface area contributed by atoms with Gasteiger partial charge < -0.3 is 15.4 Å². The summed E-state index contributed by atoms with van der Waals surface area (Å²) < 4.78 is 19.4. The maximum Gasteiger partial charge on any atom is 0.143 e. The Balaban J connectivity index is 2.06. The van der Waals surface area contributed by atoms with E-state index in [-0.39, 0.29) is 11.9 Å². The molecule has 1 aliphatic rings. The van der Waals surface area contributed by atoms with E-state index in [9.17, 15) is 4.39 Å². The molecule has 17 heavy (non-hydrogen) atoms. The van der Waals surface area contributed by atoms with Crippen molar-refractivity contribution >= 4 is 21.6 Å². The van der Waals surface area contributed by atoms with Crippen LogP contribution in [0.1, 0.15) is 12.8 Å². The minimum absolute atomic E-state index is 0.172. The molecule has 2 N–H and O–H groups in total. The summed E-state index contributed by atoms with van der Waals surface area (Å²) >= 11 is 3.14. The van der Waals surface area contributed by atoms with Gasteiger partial charge in [-0.1, -0.05) is 0 Å². The van der Waals surface area contributed by atoms with Crippen LogP contribution in [-0.2, 0) is 0 Å². The van der Waals surface area contributed by atoms with Crippen molar-refractivity contribution in [3.05, 3.63) is 22.4 Å². The number of nitrogens with two attached hydrogens (primary N) is 1. The van der Waals surface area contributed by atoms with Crippen molar-refractivity contribution < 1.29 is 9.13 Å². The van der Waals surface area contributed by atoms with E-state index < -0.39 is 0 Å². The van der Waals surface area contributed by atoms with Gasteiger partial charge in [0.15, 0.2) is 0 Å². The van der Waals surface area contributed by atoms with Crippen molar-refractivity contribution in [2.75, 3.05) is 25.9 Å². The molecule has 0 radical (unpaired) electrons. The number of piperidine rings is 1. The Morgan fingerprint density at radius 3 is 2.71 bits per heavy atom. The van der Waals surface area contributed by atoms with E-state index >= 15 is 0 Å². The van der Waals surface area contributed by atoms with Gasteiger partial charge in [0.2, 0.25) is 0 Å². The molecule has 0 amide bonds. The number of hydrogen-bond acceptors (Lipinski definition) is 3.